The Balaban J connectivity index is 2.25. The van der Waals surface area contributed by atoms with E-state index in [9.17, 15) is 0 Å². The van der Waals surface area contributed by atoms with E-state index in [-0.39, 0.29) is 14.0 Å². The van der Waals surface area contributed by atoms with E-state index in [1.165, 1.54) is 11.6 Å². The zero-order valence-corrected chi connectivity index (χ0v) is 9.64. The quantitative estimate of drug-likeness (QED) is 0.558. The molecule has 0 amide bonds. The first-order valence-corrected chi connectivity index (χ1v) is 6.65. The van der Waals surface area contributed by atoms with Crippen LogP contribution in [0.25, 0.3) is 0 Å². The van der Waals surface area contributed by atoms with Crippen molar-refractivity contribution >= 4 is 32.7 Å². The number of halogens is 2. The van der Waals surface area contributed by atoms with Crippen LogP contribution in [0.2, 0.25) is 6.04 Å². The smallest absolute Gasteiger partial charge is 0.0908 e. The summed E-state index contributed by atoms with van der Waals surface area (Å²) in [6, 6.07) is 5.24. The second-order valence-corrected chi connectivity index (χ2v) is 7.05. The Kier molecular flexibility index (Phi) is 4.65. The van der Waals surface area contributed by atoms with E-state index in [1.54, 1.807) is 0 Å². The maximum absolute atomic E-state index is 5.66. The lowest BCUT2D eigenvalue weighted by atomic mass is 10.2. The molecule has 0 unspecified atom stereocenters. The Morgan fingerprint density at radius 3 is 2.58 bits per heavy atom. The van der Waals surface area contributed by atoms with Gasteiger partial charge in [-0.05, 0) is 24.1 Å². The molecule has 0 aliphatic rings. The van der Waals surface area contributed by atoms with Gasteiger partial charge < -0.3 is 0 Å². The Labute approximate surface area is 84.9 Å². The average Bonchev–Trinajstić information content (AvgIpc) is 2.05. The molecular weight excluding hydrogens is 209 g/mol. The number of pyridine rings is 1. The van der Waals surface area contributed by atoms with Gasteiger partial charge in [0.15, 0.2) is 0 Å². The fourth-order valence-electron chi connectivity index (χ4n) is 1.01. The monoisotopic (exact) mass is 219 g/mol. The fourth-order valence-corrected chi connectivity index (χ4v) is 2.86. The molecule has 0 bridgehead atoms. The fraction of sp³-hybridized carbons (Fsp3) is 0.375. The minimum Gasteiger partial charge on any atom is -0.265 e. The van der Waals surface area contributed by atoms with Crippen LogP contribution in [0.3, 0.4) is 0 Å². The van der Waals surface area contributed by atoms with E-state index in [0.29, 0.717) is 0 Å². The van der Waals surface area contributed by atoms with Crippen molar-refractivity contribution in [1.82, 2.24) is 4.98 Å². The maximum Gasteiger partial charge on any atom is 0.0908 e. The van der Waals surface area contributed by atoms with E-state index >= 15 is 0 Å². The molecule has 0 radical (unpaired) electrons. The van der Waals surface area contributed by atoms with Crippen LogP contribution in [-0.2, 0) is 6.42 Å². The van der Waals surface area contributed by atoms with Crippen molar-refractivity contribution < 1.29 is 0 Å². The molecule has 0 aromatic carbocycles. The molecule has 0 atom stereocenters. The number of aryl methyl sites for hydroxylation is 1. The molecule has 0 spiro atoms. The first-order chi connectivity index (χ1) is 5.79. The van der Waals surface area contributed by atoms with E-state index in [2.05, 4.69) is 4.98 Å². The summed E-state index contributed by atoms with van der Waals surface area (Å²) in [7, 11) is -0.287. The Morgan fingerprint density at radius 1 is 1.33 bits per heavy atom. The van der Waals surface area contributed by atoms with Crippen molar-refractivity contribution in [1.29, 1.82) is 0 Å². The van der Waals surface area contributed by atoms with Crippen molar-refractivity contribution in [2.24, 2.45) is 0 Å². The normalized spacial score (nSPS) is 11.6. The third-order valence-electron chi connectivity index (χ3n) is 1.64. The zero-order valence-electron chi connectivity index (χ0n) is 6.71. The molecule has 0 saturated carbocycles. The van der Waals surface area contributed by atoms with Gasteiger partial charge in [-0.2, -0.15) is 0 Å². The van der Waals surface area contributed by atoms with E-state index in [1.807, 2.05) is 24.5 Å². The average molecular weight is 220 g/mol. The number of aromatic nitrogens is 1. The zero-order chi connectivity index (χ0) is 8.81. The van der Waals surface area contributed by atoms with E-state index in [0.717, 1.165) is 6.42 Å². The number of alkyl halides is 2. The van der Waals surface area contributed by atoms with Gasteiger partial charge in [-0.1, -0.05) is 6.04 Å². The predicted octanol–water partition coefficient (Wildman–Crippen LogP) is 1.97. The molecule has 0 fully saturated rings. The molecule has 4 heteroatoms. The second-order valence-electron chi connectivity index (χ2n) is 2.64. The Hall–Kier alpha value is -0.0531. The minimum absolute atomic E-state index is 0.0909. The largest absolute Gasteiger partial charge is 0.265 e. The molecule has 0 aliphatic carbocycles. The lowest BCUT2D eigenvalue weighted by Crippen LogP contribution is -2.02. The summed E-state index contributed by atoms with van der Waals surface area (Å²) in [5.74, 6) is 0. The lowest BCUT2D eigenvalue weighted by Gasteiger charge is -2.00. The molecule has 12 heavy (non-hydrogen) atoms. The van der Waals surface area contributed by atoms with Gasteiger partial charge >= 0.3 is 0 Å². The van der Waals surface area contributed by atoms with Crippen molar-refractivity contribution in [2.45, 2.75) is 16.9 Å². The number of hydrogen-bond acceptors (Lipinski definition) is 1. The second kappa shape index (κ2) is 5.57. The topological polar surface area (TPSA) is 12.9 Å². The van der Waals surface area contributed by atoms with Gasteiger partial charge in [0.2, 0.25) is 0 Å². The van der Waals surface area contributed by atoms with Crippen LogP contribution in [0.15, 0.2) is 24.5 Å². The Bertz CT molecular complexity index is 216. The van der Waals surface area contributed by atoms with Gasteiger partial charge in [0.1, 0.15) is 0 Å². The lowest BCUT2D eigenvalue weighted by molar-refractivity contribution is 1.10. The third kappa shape index (κ3) is 4.09. The first-order valence-electron chi connectivity index (χ1n) is 3.96. The molecule has 1 aromatic rings. The van der Waals surface area contributed by atoms with E-state index < -0.39 is 0 Å². The number of nitrogens with zero attached hydrogens (tertiary/aromatic N) is 1. The minimum atomic E-state index is -0.287. The summed E-state index contributed by atoms with van der Waals surface area (Å²) in [6.07, 6.45) is 4.72. The summed E-state index contributed by atoms with van der Waals surface area (Å²) in [6.45, 7) is 0. The van der Waals surface area contributed by atoms with Gasteiger partial charge in [-0.3, -0.25) is 4.98 Å². The third-order valence-corrected chi connectivity index (χ3v) is 4.14. The summed E-state index contributed by atoms with van der Waals surface area (Å²) in [5, 5.41) is 0. The van der Waals surface area contributed by atoms with Crippen molar-refractivity contribution in [3.63, 3.8) is 0 Å². The molecule has 0 saturated heterocycles. The van der Waals surface area contributed by atoms with Crippen LogP contribution in [-0.4, -0.2) is 19.0 Å². The molecule has 1 heterocycles. The first kappa shape index (κ1) is 10.0. The molecule has 0 aliphatic heterocycles. The van der Waals surface area contributed by atoms with Gasteiger partial charge in [-0.25, -0.2) is 0 Å². The van der Waals surface area contributed by atoms with Crippen molar-refractivity contribution in [3.05, 3.63) is 30.1 Å². The molecule has 0 N–H and O–H groups in total. The molecule has 1 nitrogen and oxygen atoms in total. The highest BCUT2D eigenvalue weighted by Gasteiger charge is 1.99. The number of rotatable bonds is 4. The summed E-state index contributed by atoms with van der Waals surface area (Å²) < 4.78 is -0.0909. The highest BCUT2D eigenvalue weighted by atomic mass is 35.5. The van der Waals surface area contributed by atoms with Crippen molar-refractivity contribution in [2.75, 3.05) is 0 Å². The summed E-state index contributed by atoms with van der Waals surface area (Å²) in [4.78, 5) is 3.95. The van der Waals surface area contributed by atoms with Crippen LogP contribution in [0.4, 0.5) is 0 Å². The maximum atomic E-state index is 5.66. The molecule has 1 aromatic heterocycles. The highest BCUT2D eigenvalue weighted by Crippen LogP contribution is 2.05. The molecule has 1 rings (SSSR count). The van der Waals surface area contributed by atoms with Crippen molar-refractivity contribution in [3.8, 4) is 0 Å². The van der Waals surface area contributed by atoms with E-state index in [4.69, 9.17) is 23.2 Å². The highest BCUT2D eigenvalue weighted by molar-refractivity contribution is 6.68. The van der Waals surface area contributed by atoms with Crippen LogP contribution < -0.4 is 0 Å². The van der Waals surface area contributed by atoms with Crippen LogP contribution in [0, 0.1) is 0 Å². The molecule has 66 valence electrons. The molecular formula is C8H11Cl2NSi. The number of hydrogen-bond donors (Lipinski definition) is 0. The summed E-state index contributed by atoms with van der Waals surface area (Å²) in [5.41, 5.74) is 1.33. The van der Waals surface area contributed by atoms with Crippen LogP contribution >= 0.6 is 23.2 Å². The summed E-state index contributed by atoms with van der Waals surface area (Å²) >= 11 is 11.3. The van der Waals surface area contributed by atoms with Gasteiger partial charge in [0.05, 0.1) is 14.0 Å². The SMILES string of the molecule is ClC(Cl)[SiH2]CCc1ccncc1. The van der Waals surface area contributed by atoms with Gasteiger partial charge in [0, 0.05) is 12.4 Å². The Morgan fingerprint density at radius 2 is 2.00 bits per heavy atom. The van der Waals surface area contributed by atoms with Gasteiger partial charge in [0.25, 0.3) is 0 Å². The standard InChI is InChI=1S/C8H11Cl2NSi/c9-8(10)12-6-3-7-1-4-11-5-2-7/h1-2,4-5,8H,3,6,12H2. The predicted molar refractivity (Wildman–Crippen MR) is 56.8 cm³/mol. The van der Waals surface area contributed by atoms with Crippen LogP contribution in [0.1, 0.15) is 5.56 Å². The van der Waals surface area contributed by atoms with Gasteiger partial charge in [-0.15, -0.1) is 23.2 Å². The van der Waals surface area contributed by atoms with Crippen LogP contribution in [0.5, 0.6) is 0 Å².